The number of para-hydroxylation sites is 1. The number of anilines is 1. The number of nitrogen functional groups attached to an aromatic ring is 1. The second-order valence-corrected chi connectivity index (χ2v) is 5.15. The lowest BCUT2D eigenvalue weighted by molar-refractivity contribution is 0.112. The van der Waals surface area contributed by atoms with Gasteiger partial charge in [-0.1, -0.05) is 42.5 Å². The van der Waals surface area contributed by atoms with Crippen LogP contribution in [0.3, 0.4) is 0 Å². The van der Waals surface area contributed by atoms with Gasteiger partial charge in [-0.25, -0.2) is 0 Å². The number of aldehydes is 1. The molecule has 0 heterocycles. The van der Waals surface area contributed by atoms with Gasteiger partial charge in [-0.2, -0.15) is 0 Å². The Hall–Kier alpha value is -2.81. The van der Waals surface area contributed by atoms with Crippen LogP contribution in [0.4, 0.5) is 5.69 Å². The van der Waals surface area contributed by atoms with Gasteiger partial charge in [0.2, 0.25) is 0 Å². The molecule has 3 aromatic rings. The summed E-state index contributed by atoms with van der Waals surface area (Å²) in [5.41, 5.74) is 8.30. The summed E-state index contributed by atoms with van der Waals surface area (Å²) in [6.45, 7) is 0.480. The molecule has 0 aliphatic rings. The molecule has 0 unspecified atom stereocenters. The van der Waals surface area contributed by atoms with Crippen LogP contribution < -0.4 is 10.5 Å². The monoisotopic (exact) mass is 291 g/mol. The number of hydrogen-bond acceptors (Lipinski definition) is 3. The maximum absolute atomic E-state index is 11.3. The number of nitrogens with two attached hydrogens (primary N) is 1. The van der Waals surface area contributed by atoms with Gasteiger partial charge in [0.25, 0.3) is 0 Å². The molecule has 0 aliphatic carbocycles. The summed E-state index contributed by atoms with van der Waals surface area (Å²) < 4.78 is 5.81. The highest BCUT2D eigenvalue weighted by Gasteiger charge is 2.06. The Balaban J connectivity index is 1.78. The van der Waals surface area contributed by atoms with Crippen LogP contribution in [0.25, 0.3) is 10.8 Å². The van der Waals surface area contributed by atoms with Crippen LogP contribution in [-0.4, -0.2) is 12.9 Å². The molecule has 3 aromatic carbocycles. The van der Waals surface area contributed by atoms with E-state index in [1.54, 1.807) is 0 Å². The number of carbonyl (C=O) groups excluding carboxylic acids is 1. The fourth-order valence-electron chi connectivity index (χ4n) is 2.49. The van der Waals surface area contributed by atoms with E-state index in [0.29, 0.717) is 24.3 Å². The molecule has 0 bridgehead atoms. The number of fused-ring (bicyclic) bond motifs is 1. The van der Waals surface area contributed by atoms with Crippen molar-refractivity contribution in [1.29, 1.82) is 0 Å². The van der Waals surface area contributed by atoms with Gasteiger partial charge in [-0.05, 0) is 34.5 Å². The van der Waals surface area contributed by atoms with Crippen molar-refractivity contribution in [2.45, 2.75) is 6.42 Å². The molecule has 0 aliphatic heterocycles. The lowest BCUT2D eigenvalue weighted by Crippen LogP contribution is -2.05. The summed E-state index contributed by atoms with van der Waals surface area (Å²) in [5.74, 6) is 0.614. The van der Waals surface area contributed by atoms with E-state index in [2.05, 4.69) is 0 Å². The number of carbonyl (C=O) groups is 1. The highest BCUT2D eigenvalue weighted by atomic mass is 16.5. The Labute approximate surface area is 129 Å². The third-order valence-electron chi connectivity index (χ3n) is 3.69. The molecular formula is C19H17NO2. The van der Waals surface area contributed by atoms with Crippen LogP contribution in [0.15, 0.2) is 60.7 Å². The smallest absolute Gasteiger partial charge is 0.153 e. The zero-order valence-electron chi connectivity index (χ0n) is 12.2. The first-order chi connectivity index (χ1) is 10.8. The van der Waals surface area contributed by atoms with Crippen LogP contribution in [0.1, 0.15) is 15.9 Å². The minimum Gasteiger partial charge on any atom is -0.492 e. The molecule has 22 heavy (non-hydrogen) atoms. The first-order valence-electron chi connectivity index (χ1n) is 7.22. The van der Waals surface area contributed by atoms with Crippen LogP contribution in [0, 0.1) is 0 Å². The Morgan fingerprint density at radius 3 is 2.36 bits per heavy atom. The summed E-state index contributed by atoms with van der Waals surface area (Å²) in [6.07, 6.45) is 1.54. The lowest BCUT2D eigenvalue weighted by atomic mass is 10.1. The zero-order valence-corrected chi connectivity index (χ0v) is 12.2. The van der Waals surface area contributed by atoms with E-state index >= 15 is 0 Å². The van der Waals surface area contributed by atoms with Gasteiger partial charge in [0, 0.05) is 12.1 Å². The molecule has 0 spiro atoms. The average molecular weight is 291 g/mol. The topological polar surface area (TPSA) is 52.3 Å². The molecule has 0 amide bonds. The largest absolute Gasteiger partial charge is 0.492 e. The molecule has 0 fully saturated rings. The van der Waals surface area contributed by atoms with Crippen LogP contribution in [-0.2, 0) is 6.42 Å². The molecule has 0 saturated carbocycles. The second kappa shape index (κ2) is 6.31. The van der Waals surface area contributed by atoms with Gasteiger partial charge in [-0.3, -0.25) is 4.79 Å². The Kier molecular flexibility index (Phi) is 4.05. The third-order valence-corrected chi connectivity index (χ3v) is 3.69. The van der Waals surface area contributed by atoms with Gasteiger partial charge in [0.15, 0.2) is 6.29 Å². The van der Waals surface area contributed by atoms with Gasteiger partial charge >= 0.3 is 0 Å². The van der Waals surface area contributed by atoms with Gasteiger partial charge < -0.3 is 10.5 Å². The Morgan fingerprint density at radius 2 is 1.64 bits per heavy atom. The molecule has 3 nitrogen and oxygen atoms in total. The molecule has 0 saturated heterocycles. The van der Waals surface area contributed by atoms with Crippen LogP contribution in [0.5, 0.6) is 5.75 Å². The minimum atomic E-state index is 0.480. The fraction of sp³-hybridized carbons (Fsp3) is 0.105. The molecule has 0 radical (unpaired) electrons. The van der Waals surface area contributed by atoms with Crippen molar-refractivity contribution < 1.29 is 9.53 Å². The van der Waals surface area contributed by atoms with E-state index in [4.69, 9.17) is 10.5 Å². The van der Waals surface area contributed by atoms with Gasteiger partial charge in [0.05, 0.1) is 12.2 Å². The van der Waals surface area contributed by atoms with E-state index in [-0.39, 0.29) is 0 Å². The molecule has 3 heteroatoms. The molecule has 110 valence electrons. The summed E-state index contributed by atoms with van der Waals surface area (Å²) in [4.78, 5) is 11.3. The average Bonchev–Trinajstić information content (AvgIpc) is 2.56. The summed E-state index contributed by atoms with van der Waals surface area (Å²) in [7, 11) is 0. The standard InChI is InChI=1S/C19H17NO2/c20-18-8-4-3-5-14(18)9-10-22-19-12-16-7-2-1-6-15(16)11-17(19)13-21/h1-8,11-13H,9-10,20H2. The SMILES string of the molecule is Nc1ccccc1CCOc1cc2ccccc2cc1C=O. The zero-order chi connectivity index (χ0) is 15.4. The highest BCUT2D eigenvalue weighted by molar-refractivity contribution is 5.92. The number of rotatable bonds is 5. The van der Waals surface area contributed by atoms with E-state index in [1.165, 1.54) is 0 Å². The van der Waals surface area contributed by atoms with Crippen molar-refractivity contribution in [1.82, 2.24) is 0 Å². The normalized spacial score (nSPS) is 10.5. The van der Waals surface area contributed by atoms with Gasteiger partial charge in [-0.15, -0.1) is 0 Å². The Bertz CT molecular complexity index is 811. The van der Waals surface area contributed by atoms with Crippen molar-refractivity contribution in [2.24, 2.45) is 0 Å². The van der Waals surface area contributed by atoms with Crippen molar-refractivity contribution in [3.05, 3.63) is 71.8 Å². The summed E-state index contributed by atoms with van der Waals surface area (Å²) in [6, 6.07) is 19.4. The second-order valence-electron chi connectivity index (χ2n) is 5.15. The highest BCUT2D eigenvalue weighted by Crippen LogP contribution is 2.25. The van der Waals surface area contributed by atoms with Crippen molar-refractivity contribution >= 4 is 22.7 Å². The van der Waals surface area contributed by atoms with E-state index in [1.807, 2.05) is 60.7 Å². The van der Waals surface area contributed by atoms with E-state index < -0.39 is 0 Å². The lowest BCUT2D eigenvalue weighted by Gasteiger charge is -2.11. The quantitative estimate of drug-likeness (QED) is 0.573. The fourth-order valence-corrected chi connectivity index (χ4v) is 2.49. The third kappa shape index (κ3) is 2.93. The maximum atomic E-state index is 11.3. The van der Waals surface area contributed by atoms with Crippen LogP contribution in [0.2, 0.25) is 0 Å². The maximum Gasteiger partial charge on any atom is 0.153 e. The first kappa shape index (κ1) is 14.1. The molecule has 0 aromatic heterocycles. The van der Waals surface area contributed by atoms with Crippen molar-refractivity contribution in [3.8, 4) is 5.75 Å². The van der Waals surface area contributed by atoms with Gasteiger partial charge in [0.1, 0.15) is 5.75 Å². The minimum absolute atomic E-state index is 0.480. The molecule has 3 rings (SSSR count). The molecule has 0 atom stereocenters. The molecule has 2 N–H and O–H groups in total. The predicted molar refractivity (Wildman–Crippen MR) is 89.4 cm³/mol. The van der Waals surface area contributed by atoms with E-state index in [0.717, 1.165) is 28.3 Å². The van der Waals surface area contributed by atoms with Crippen molar-refractivity contribution in [3.63, 3.8) is 0 Å². The van der Waals surface area contributed by atoms with E-state index in [9.17, 15) is 4.79 Å². The Morgan fingerprint density at radius 1 is 0.955 bits per heavy atom. The predicted octanol–water partition coefficient (Wildman–Crippen LogP) is 3.86. The van der Waals surface area contributed by atoms with Crippen molar-refractivity contribution in [2.75, 3.05) is 12.3 Å². The first-order valence-corrected chi connectivity index (χ1v) is 7.22. The number of benzene rings is 3. The number of ether oxygens (including phenoxy) is 1. The summed E-state index contributed by atoms with van der Waals surface area (Å²) >= 11 is 0. The van der Waals surface area contributed by atoms with Crippen LogP contribution >= 0.6 is 0 Å². The molecular weight excluding hydrogens is 274 g/mol. The summed E-state index contributed by atoms with van der Waals surface area (Å²) in [5, 5.41) is 2.09. The number of hydrogen-bond donors (Lipinski definition) is 1.